The number of hydrogen-bond acceptors (Lipinski definition) is 28. The van der Waals surface area contributed by atoms with Crippen molar-refractivity contribution in [2.45, 2.75) is 181 Å². The maximum Gasteiger partial charge on any atom is 0.333 e. The van der Waals surface area contributed by atoms with E-state index in [1.54, 1.807) is 0 Å². The molecule has 5 fully saturated rings. The first-order valence-electron chi connectivity index (χ1n) is 24.0. The highest BCUT2D eigenvalue weighted by Gasteiger charge is 2.52. The predicted octanol–water partition coefficient (Wildman–Crippen LogP) is -9.24. The van der Waals surface area contributed by atoms with Crippen LogP contribution in [-0.4, -0.2) is 287 Å². The third-order valence-corrected chi connectivity index (χ3v) is 12.7. The van der Waals surface area contributed by atoms with Crippen LogP contribution in [-0.2, 0) is 71.5 Å². The maximum atomic E-state index is 13.4. The van der Waals surface area contributed by atoms with Crippen LogP contribution in [0.3, 0.4) is 0 Å². The van der Waals surface area contributed by atoms with E-state index in [9.17, 15) is 95.2 Å². The van der Waals surface area contributed by atoms with Gasteiger partial charge in [-0.25, -0.2) is 4.79 Å². The summed E-state index contributed by atoms with van der Waals surface area (Å²) in [6.45, 7) is -3.23. The van der Waals surface area contributed by atoms with E-state index >= 15 is 0 Å². The second kappa shape index (κ2) is 28.7. The van der Waals surface area contributed by atoms with Crippen molar-refractivity contribution < 1.29 is 138 Å². The van der Waals surface area contributed by atoms with Crippen molar-refractivity contribution >= 4 is 35.4 Å². The largest absolute Gasteiger partial charge is 0.394 e. The number of rotatable bonds is 26. The Bertz CT molecular complexity index is 1830. The molecule has 0 radical (unpaired) electrons. The molecule has 4 amide bonds. The van der Waals surface area contributed by atoms with Gasteiger partial charge in [-0.3, -0.25) is 24.0 Å². The van der Waals surface area contributed by atoms with Gasteiger partial charge in [0.2, 0.25) is 11.8 Å². The van der Waals surface area contributed by atoms with Crippen molar-refractivity contribution in [3.8, 4) is 0 Å². The number of nitrogens with one attached hydrogen (secondary N) is 1. The van der Waals surface area contributed by atoms with Gasteiger partial charge in [-0.1, -0.05) is 0 Å². The van der Waals surface area contributed by atoms with Crippen molar-refractivity contribution in [1.29, 1.82) is 0 Å². The molecule has 5 saturated heterocycles. The van der Waals surface area contributed by atoms with E-state index in [4.69, 9.17) is 42.7 Å². The summed E-state index contributed by atoms with van der Waals surface area (Å²) >= 11 is 0. The summed E-state index contributed by atoms with van der Waals surface area (Å²) in [6, 6.07) is 0. The van der Waals surface area contributed by atoms with E-state index in [1.165, 1.54) is 6.92 Å². The zero-order valence-electron chi connectivity index (χ0n) is 40.2. The highest BCUT2D eigenvalue weighted by molar-refractivity contribution is 6.01. The van der Waals surface area contributed by atoms with Crippen LogP contribution in [0.15, 0.2) is 0 Å². The molecule has 5 aliphatic heterocycles. The SMILES string of the molecule is C[C@@H]1O[C@@H](OCCCC(=O)CN(CC(=O)NCCO[C@H]2O[C@H](CO[C@H]3O[C@H](CO)[C@@H](O)[C@H](O)[C@@H]3O)[C@@H](O)[C@H](O[C@H]3O[C@H](CO)C(O)[C@H](O)[C@@H]3O)[C@@H]2O)C(=O)CCCCC(=O)ON2C(=O)CCC2=O)[C@@H](O)[C@H](O)[C@@H]1O. The third kappa shape index (κ3) is 16.0. The summed E-state index contributed by atoms with van der Waals surface area (Å²) in [4.78, 5) is 81.5. The van der Waals surface area contributed by atoms with Gasteiger partial charge >= 0.3 is 5.97 Å². The molecular weight excluding hydrogens is 1010 g/mol. The summed E-state index contributed by atoms with van der Waals surface area (Å²) in [5.41, 5.74) is 0. The Balaban J connectivity index is 1.18. The summed E-state index contributed by atoms with van der Waals surface area (Å²) in [5, 5.41) is 137. The molecule has 0 aliphatic carbocycles. The van der Waals surface area contributed by atoms with Crippen LogP contribution >= 0.6 is 0 Å². The van der Waals surface area contributed by atoms with Crippen molar-refractivity contribution in [3.63, 3.8) is 0 Å². The lowest BCUT2D eigenvalue weighted by molar-refractivity contribution is -0.366. The highest BCUT2D eigenvalue weighted by Crippen LogP contribution is 2.31. The number of nitrogens with zero attached hydrogens (tertiary/aromatic N) is 2. The molecule has 0 aromatic rings. The Kier molecular flexibility index (Phi) is 23.7. The number of imide groups is 1. The number of amides is 4. The molecule has 20 atom stereocenters. The topological polar surface area (TPSA) is 467 Å². The summed E-state index contributed by atoms with van der Waals surface area (Å²) < 4.78 is 44.2. The van der Waals surface area contributed by atoms with Crippen LogP contribution in [0.5, 0.6) is 0 Å². The lowest BCUT2D eigenvalue weighted by Gasteiger charge is -2.46. The number of ketones is 1. The van der Waals surface area contributed by atoms with Crippen LogP contribution in [0.1, 0.15) is 58.3 Å². The second-order valence-electron chi connectivity index (χ2n) is 18.3. The molecule has 5 heterocycles. The van der Waals surface area contributed by atoms with E-state index in [1.807, 2.05) is 0 Å². The van der Waals surface area contributed by atoms with Crippen LogP contribution < -0.4 is 5.32 Å². The van der Waals surface area contributed by atoms with Crippen LogP contribution in [0.25, 0.3) is 0 Å². The van der Waals surface area contributed by atoms with Crippen LogP contribution in [0.4, 0.5) is 0 Å². The summed E-state index contributed by atoms with van der Waals surface area (Å²) in [6.07, 6.45) is -34.4. The molecular formula is C43H69N3O28. The Morgan fingerprint density at radius 3 is 1.73 bits per heavy atom. The molecule has 0 saturated carbocycles. The molecule has 0 bridgehead atoms. The Morgan fingerprint density at radius 1 is 0.581 bits per heavy atom. The fraction of sp³-hybridized carbons (Fsp3) is 0.860. The quantitative estimate of drug-likeness (QED) is 0.0282. The smallest absolute Gasteiger partial charge is 0.333 e. The lowest BCUT2D eigenvalue weighted by Crippen LogP contribution is -2.65. The fourth-order valence-corrected chi connectivity index (χ4v) is 8.32. The highest BCUT2D eigenvalue weighted by atomic mass is 16.8. The van der Waals surface area contributed by atoms with Gasteiger partial charge in [0.25, 0.3) is 11.8 Å². The number of hydrogen-bond donors (Lipinski definition) is 14. The van der Waals surface area contributed by atoms with Gasteiger partial charge in [-0.15, -0.1) is 5.06 Å². The van der Waals surface area contributed by atoms with E-state index < -0.39 is 198 Å². The van der Waals surface area contributed by atoms with Gasteiger partial charge in [-0.05, 0) is 26.2 Å². The number of hydroxylamine groups is 2. The first-order chi connectivity index (χ1) is 35.1. The molecule has 1 unspecified atom stereocenters. The summed E-state index contributed by atoms with van der Waals surface area (Å²) in [5.74, 6) is -4.31. The molecule has 74 heavy (non-hydrogen) atoms. The van der Waals surface area contributed by atoms with Crippen LogP contribution in [0.2, 0.25) is 0 Å². The Hall–Kier alpha value is -3.62. The Labute approximate surface area is 421 Å². The molecule has 424 valence electrons. The predicted molar refractivity (Wildman–Crippen MR) is 233 cm³/mol. The van der Waals surface area contributed by atoms with Crippen molar-refractivity contribution in [2.75, 3.05) is 52.7 Å². The van der Waals surface area contributed by atoms with Gasteiger partial charge in [-0.2, -0.15) is 0 Å². The van der Waals surface area contributed by atoms with E-state index in [0.29, 0.717) is 5.06 Å². The number of aliphatic hydroxyl groups is 13. The number of carbonyl (C=O) groups excluding carboxylic acids is 6. The standard InChI is InChI=1S/C43H69N3O28/c1-18-28(55)32(59)35(62)40(69-18)66-11-4-5-19(49)13-45(24(51)6-2-3-7-27(54)74-46-25(52)8-9-26(46)53)14-23(50)44-10-12-67-42-38(65)39(73-43-37(64)34(61)30(57)21(16-48)71-43)31(58)22(72-42)17-68-41-36(63)33(60)29(56)20(15-47)70-41/h18,20-22,28-43,47-48,55-65H,2-17H2,1H3,(H,44,50)/t18-,20+,21+,22+,28+,29+,30?,31+,32+,33-,34-,35-,36-,37-,38-,39-,40+,41-,42-,43+/m0/s1. The molecule has 14 N–H and O–H groups in total. The third-order valence-electron chi connectivity index (χ3n) is 12.7. The number of aliphatic hydroxyl groups excluding tert-OH is 13. The average Bonchev–Trinajstić information content (AvgIpc) is 3.69. The van der Waals surface area contributed by atoms with Gasteiger partial charge in [0.15, 0.2) is 30.9 Å². The minimum Gasteiger partial charge on any atom is -0.394 e. The maximum absolute atomic E-state index is 13.4. The van der Waals surface area contributed by atoms with Gasteiger partial charge in [0.05, 0.1) is 52.2 Å². The van der Waals surface area contributed by atoms with Crippen molar-refractivity contribution in [1.82, 2.24) is 15.3 Å². The fourth-order valence-electron chi connectivity index (χ4n) is 8.32. The molecule has 31 heteroatoms. The molecule has 5 rings (SSSR count). The van der Waals surface area contributed by atoms with E-state index in [-0.39, 0.29) is 64.5 Å². The average molecular weight is 1080 g/mol. The zero-order valence-corrected chi connectivity index (χ0v) is 40.2. The van der Waals surface area contributed by atoms with Gasteiger partial charge in [0.1, 0.15) is 91.6 Å². The molecule has 5 aliphatic rings. The summed E-state index contributed by atoms with van der Waals surface area (Å²) in [7, 11) is 0. The number of carbonyl (C=O) groups is 6. The normalized spacial score (nSPS) is 37.7. The molecule has 0 spiro atoms. The van der Waals surface area contributed by atoms with Crippen LogP contribution in [0, 0.1) is 0 Å². The number of ether oxygens (including phenoxy) is 8. The molecule has 0 aromatic carbocycles. The molecule has 31 nitrogen and oxygen atoms in total. The monoisotopic (exact) mass is 1080 g/mol. The first kappa shape index (κ1) is 61.2. The first-order valence-corrected chi connectivity index (χ1v) is 24.0. The molecule has 0 aromatic heterocycles. The van der Waals surface area contributed by atoms with Crippen molar-refractivity contribution in [2.24, 2.45) is 0 Å². The van der Waals surface area contributed by atoms with Crippen molar-refractivity contribution in [3.05, 3.63) is 0 Å². The number of unbranched alkanes of at least 4 members (excludes halogenated alkanes) is 1. The number of Topliss-reactive ketones (excluding diaryl/α,β-unsaturated/α-hetero) is 1. The lowest BCUT2D eigenvalue weighted by atomic mass is 9.96. The second-order valence-corrected chi connectivity index (χ2v) is 18.3. The minimum atomic E-state index is -2.00. The minimum absolute atomic E-state index is 0.0371. The Morgan fingerprint density at radius 2 is 1.11 bits per heavy atom. The van der Waals surface area contributed by atoms with E-state index in [0.717, 1.165) is 4.90 Å². The van der Waals surface area contributed by atoms with E-state index in [2.05, 4.69) is 5.32 Å². The van der Waals surface area contributed by atoms with Gasteiger partial charge < -0.3 is 119 Å². The zero-order chi connectivity index (χ0) is 54.6. The van der Waals surface area contributed by atoms with Gasteiger partial charge in [0, 0.05) is 38.6 Å².